The fourth-order valence-corrected chi connectivity index (χ4v) is 1.49. The van der Waals surface area contributed by atoms with E-state index in [1.807, 2.05) is 0 Å². The van der Waals surface area contributed by atoms with E-state index in [1.165, 1.54) is 0 Å². The summed E-state index contributed by atoms with van der Waals surface area (Å²) in [6, 6.07) is 0. The summed E-state index contributed by atoms with van der Waals surface area (Å²) in [5.41, 5.74) is 5.10. The van der Waals surface area contributed by atoms with Gasteiger partial charge in [0.25, 0.3) is 0 Å². The first kappa shape index (κ1) is 18.0. The van der Waals surface area contributed by atoms with Gasteiger partial charge in [-0.2, -0.15) is 26.3 Å². The normalized spacial score (nSPS) is 12.9. The van der Waals surface area contributed by atoms with Gasteiger partial charge in [-0.05, 0) is 6.42 Å². The number of nitrogens with two attached hydrogens (primary N) is 1. The molecule has 0 saturated heterocycles. The summed E-state index contributed by atoms with van der Waals surface area (Å²) >= 11 is 0. The van der Waals surface area contributed by atoms with Crippen LogP contribution in [0.2, 0.25) is 0 Å². The van der Waals surface area contributed by atoms with Crippen molar-refractivity contribution in [1.29, 1.82) is 0 Å². The van der Waals surface area contributed by atoms with Crippen molar-refractivity contribution in [2.24, 2.45) is 11.7 Å². The molecule has 9 heteroatoms. The molecule has 0 aromatic heterocycles. The van der Waals surface area contributed by atoms with Crippen LogP contribution in [0.4, 0.5) is 26.3 Å². The lowest BCUT2D eigenvalue weighted by atomic mass is 10.1. The fraction of sp³-hybridized carbons (Fsp3) is 0.900. The first-order valence-corrected chi connectivity index (χ1v) is 5.68. The topological polar surface area (TPSA) is 46.3 Å². The number of nitrogens with zero attached hydrogens (tertiary/aromatic N) is 1. The number of unbranched alkanes of at least 4 members (excludes halogenated alkanes) is 1. The van der Waals surface area contributed by atoms with Gasteiger partial charge < -0.3 is 10.6 Å². The van der Waals surface area contributed by atoms with Gasteiger partial charge in [-0.1, -0.05) is 13.3 Å². The highest BCUT2D eigenvalue weighted by molar-refractivity contribution is 5.80. The molecule has 3 nitrogen and oxygen atoms in total. The highest BCUT2D eigenvalue weighted by Gasteiger charge is 2.61. The Labute approximate surface area is 106 Å². The lowest BCUT2D eigenvalue weighted by Crippen LogP contribution is -2.50. The Morgan fingerprint density at radius 1 is 1.11 bits per heavy atom. The molecule has 0 aliphatic rings. The van der Waals surface area contributed by atoms with Crippen LogP contribution in [0.5, 0.6) is 0 Å². The number of rotatable bonds is 6. The van der Waals surface area contributed by atoms with Crippen LogP contribution in [0, 0.1) is 5.92 Å². The predicted octanol–water partition coefficient (Wildman–Crippen LogP) is 2.31. The summed E-state index contributed by atoms with van der Waals surface area (Å²) in [4.78, 5) is 12.0. The second-order valence-electron chi connectivity index (χ2n) is 3.98. The first-order valence-electron chi connectivity index (χ1n) is 5.68. The van der Waals surface area contributed by atoms with Gasteiger partial charge in [-0.15, -0.1) is 0 Å². The summed E-state index contributed by atoms with van der Waals surface area (Å²) in [6.45, 7) is 1.00. The molecule has 0 atom stereocenters. The van der Waals surface area contributed by atoms with E-state index in [1.54, 1.807) is 6.92 Å². The Kier molecular flexibility index (Phi) is 6.61. The van der Waals surface area contributed by atoms with Crippen LogP contribution in [0.3, 0.4) is 0 Å². The smallest absolute Gasteiger partial charge is 0.341 e. The van der Waals surface area contributed by atoms with E-state index in [4.69, 9.17) is 5.73 Å². The van der Waals surface area contributed by atoms with Crippen LogP contribution < -0.4 is 5.73 Å². The molecule has 0 spiro atoms. The van der Waals surface area contributed by atoms with Crippen LogP contribution in [-0.2, 0) is 4.79 Å². The molecule has 0 heterocycles. The van der Waals surface area contributed by atoms with Crippen molar-refractivity contribution in [3.8, 4) is 0 Å². The van der Waals surface area contributed by atoms with Crippen LogP contribution in [0.1, 0.15) is 19.8 Å². The molecule has 0 rings (SSSR count). The van der Waals surface area contributed by atoms with E-state index >= 15 is 0 Å². The largest absolute Gasteiger partial charge is 0.409 e. The summed E-state index contributed by atoms with van der Waals surface area (Å²) in [7, 11) is 0. The molecular weight excluding hydrogens is 278 g/mol. The standard InChI is InChI=1S/C10H16F6N2O/c1-2-3-5-18(6-4-17)8(19)7(9(11,12)13)10(14,15)16/h7H,2-6,17H2,1H3. The summed E-state index contributed by atoms with van der Waals surface area (Å²) in [5.74, 6) is -5.97. The molecule has 114 valence electrons. The van der Waals surface area contributed by atoms with E-state index in [-0.39, 0.29) is 19.6 Å². The Bertz CT molecular complexity index is 275. The molecule has 0 fully saturated rings. The fourth-order valence-electron chi connectivity index (χ4n) is 1.49. The summed E-state index contributed by atoms with van der Waals surface area (Å²) in [5, 5.41) is 0. The predicted molar refractivity (Wildman–Crippen MR) is 56.1 cm³/mol. The van der Waals surface area contributed by atoms with Crippen molar-refractivity contribution >= 4 is 5.91 Å². The number of hydrogen-bond acceptors (Lipinski definition) is 2. The highest BCUT2D eigenvalue weighted by Crippen LogP contribution is 2.40. The average molecular weight is 294 g/mol. The third-order valence-corrected chi connectivity index (χ3v) is 2.39. The molecule has 0 bridgehead atoms. The SMILES string of the molecule is CCCCN(CCN)C(=O)C(C(F)(F)F)C(F)(F)F. The molecule has 2 N–H and O–H groups in total. The molecule has 0 aliphatic carbocycles. The van der Waals surface area contributed by atoms with E-state index in [0.29, 0.717) is 17.7 Å². The zero-order valence-electron chi connectivity index (χ0n) is 10.3. The number of carbonyl (C=O) groups is 1. The van der Waals surface area contributed by atoms with Gasteiger partial charge in [0.05, 0.1) is 0 Å². The van der Waals surface area contributed by atoms with Crippen LogP contribution in [0.25, 0.3) is 0 Å². The number of hydrogen-bond donors (Lipinski definition) is 1. The van der Waals surface area contributed by atoms with E-state index in [0.717, 1.165) is 0 Å². The van der Waals surface area contributed by atoms with Gasteiger partial charge >= 0.3 is 12.4 Å². The number of halogens is 6. The minimum Gasteiger partial charge on any atom is -0.341 e. The van der Waals surface area contributed by atoms with Gasteiger partial charge in [0.15, 0.2) is 0 Å². The molecule has 0 radical (unpaired) electrons. The van der Waals surface area contributed by atoms with Crippen molar-refractivity contribution in [3.63, 3.8) is 0 Å². The summed E-state index contributed by atoms with van der Waals surface area (Å²) < 4.78 is 74.3. The third kappa shape index (κ3) is 5.66. The zero-order valence-corrected chi connectivity index (χ0v) is 10.3. The quantitative estimate of drug-likeness (QED) is 0.764. The summed E-state index contributed by atoms with van der Waals surface area (Å²) in [6.07, 6.45) is -10.5. The van der Waals surface area contributed by atoms with Gasteiger partial charge in [0.2, 0.25) is 11.8 Å². The minimum atomic E-state index is -5.66. The van der Waals surface area contributed by atoms with Gasteiger partial charge in [-0.25, -0.2) is 0 Å². The van der Waals surface area contributed by atoms with Gasteiger partial charge in [0, 0.05) is 19.6 Å². The second-order valence-corrected chi connectivity index (χ2v) is 3.98. The molecule has 0 unspecified atom stereocenters. The maximum Gasteiger partial charge on any atom is 0.409 e. The average Bonchev–Trinajstić information content (AvgIpc) is 2.19. The van der Waals surface area contributed by atoms with Crippen molar-refractivity contribution in [3.05, 3.63) is 0 Å². The molecular formula is C10H16F6N2O. The van der Waals surface area contributed by atoms with E-state index < -0.39 is 24.2 Å². The maximum atomic E-state index is 12.4. The van der Waals surface area contributed by atoms with Crippen LogP contribution in [0.15, 0.2) is 0 Å². The minimum absolute atomic E-state index is 0.171. The molecule has 0 saturated carbocycles. The Morgan fingerprint density at radius 3 is 1.89 bits per heavy atom. The van der Waals surface area contributed by atoms with Crippen molar-refractivity contribution in [2.45, 2.75) is 32.1 Å². The number of amides is 1. The number of alkyl halides is 6. The first-order chi connectivity index (χ1) is 8.55. The lowest BCUT2D eigenvalue weighted by Gasteiger charge is -2.29. The third-order valence-electron chi connectivity index (χ3n) is 2.39. The van der Waals surface area contributed by atoms with Gasteiger partial charge in [0.1, 0.15) is 0 Å². The van der Waals surface area contributed by atoms with Crippen molar-refractivity contribution in [1.82, 2.24) is 4.90 Å². The van der Waals surface area contributed by atoms with E-state index in [9.17, 15) is 31.1 Å². The Morgan fingerprint density at radius 2 is 1.58 bits per heavy atom. The van der Waals surface area contributed by atoms with E-state index in [2.05, 4.69) is 0 Å². The molecule has 0 aromatic rings. The van der Waals surface area contributed by atoms with Crippen molar-refractivity contribution in [2.75, 3.05) is 19.6 Å². The Balaban J connectivity index is 5.14. The molecule has 0 aliphatic heterocycles. The maximum absolute atomic E-state index is 12.4. The zero-order chi connectivity index (χ0) is 15.3. The Hall–Kier alpha value is -0.990. The second kappa shape index (κ2) is 6.97. The van der Waals surface area contributed by atoms with Crippen LogP contribution >= 0.6 is 0 Å². The molecule has 19 heavy (non-hydrogen) atoms. The van der Waals surface area contributed by atoms with Crippen LogP contribution in [-0.4, -0.2) is 42.8 Å². The molecule has 0 aromatic carbocycles. The monoisotopic (exact) mass is 294 g/mol. The highest BCUT2D eigenvalue weighted by atomic mass is 19.4. The van der Waals surface area contributed by atoms with Gasteiger partial charge in [-0.3, -0.25) is 4.79 Å². The van der Waals surface area contributed by atoms with Crippen molar-refractivity contribution < 1.29 is 31.1 Å². The number of carbonyl (C=O) groups excluding carboxylic acids is 1. The molecule has 1 amide bonds. The lowest BCUT2D eigenvalue weighted by molar-refractivity contribution is -0.277.